The zero-order chi connectivity index (χ0) is 31.7. The standard InChI is InChI=1S/C21H26N10O10P2S2/c22-16-10-18(26-4-24-16)30(6-28-10)20-13(33)14-8(38-20)1-2-36-42(34,44)41-15-12(32)9(3-37-43(35,45)40-14)39-21(15)31-7-29-11-17(23)25-5-27-19(11)31/h4-9,12-15,20-21,32-33H,1-3H2,(H,34,44)(H,35,45)(H2,22,24,26)(H2,23,25,27)/t8-,9-,12-,13-,14-,15-,20-,21-,42-,43-/m1/s1. The number of nitrogens with zero attached hydrogens (tertiary/aromatic N) is 8. The van der Waals surface area contributed by atoms with Gasteiger partial charge >= 0.3 is 13.6 Å². The molecule has 4 aromatic rings. The molecule has 7 heterocycles. The van der Waals surface area contributed by atoms with E-state index in [0.717, 1.165) is 0 Å². The second-order valence-electron chi connectivity index (χ2n) is 10.3. The molecule has 242 valence electrons. The van der Waals surface area contributed by atoms with Gasteiger partial charge in [0.25, 0.3) is 0 Å². The number of aromatic nitrogens is 8. The van der Waals surface area contributed by atoms with Crippen molar-refractivity contribution in [3.8, 4) is 0 Å². The molecule has 0 aliphatic carbocycles. The highest BCUT2D eigenvalue weighted by atomic mass is 32.7. The molecule has 24 heteroatoms. The Morgan fingerprint density at radius 2 is 1.31 bits per heavy atom. The highest BCUT2D eigenvalue weighted by Gasteiger charge is 2.52. The summed E-state index contributed by atoms with van der Waals surface area (Å²) in [5.74, 6) is 0.215. The van der Waals surface area contributed by atoms with Crippen molar-refractivity contribution in [2.24, 2.45) is 0 Å². The van der Waals surface area contributed by atoms with Gasteiger partial charge < -0.3 is 35.7 Å². The van der Waals surface area contributed by atoms with Crippen molar-refractivity contribution in [2.45, 2.75) is 55.5 Å². The normalized spacial score (nSPS) is 38.0. The van der Waals surface area contributed by atoms with E-state index in [1.165, 1.54) is 34.4 Å². The Kier molecular flexibility index (Phi) is 8.07. The maximum Gasteiger partial charge on any atom is 0.386 e. The van der Waals surface area contributed by atoms with Gasteiger partial charge in [-0.15, -0.1) is 0 Å². The molecule has 20 nitrogen and oxygen atoms in total. The topological polar surface area (TPSA) is 269 Å². The van der Waals surface area contributed by atoms with Crippen molar-refractivity contribution in [1.82, 2.24) is 39.0 Å². The molecule has 4 aromatic heterocycles. The fraction of sp³-hybridized carbons (Fsp3) is 0.524. The van der Waals surface area contributed by atoms with E-state index in [4.69, 9.17) is 39.0 Å². The van der Waals surface area contributed by atoms with E-state index in [-0.39, 0.29) is 47.0 Å². The highest BCUT2D eigenvalue weighted by Crippen LogP contribution is 2.59. The first-order valence-corrected chi connectivity index (χ1v) is 18.7. The Bertz CT molecular complexity index is 1850. The van der Waals surface area contributed by atoms with Crippen molar-refractivity contribution in [2.75, 3.05) is 24.7 Å². The fourth-order valence-electron chi connectivity index (χ4n) is 5.44. The molecule has 3 saturated heterocycles. The van der Waals surface area contributed by atoms with Crippen LogP contribution in [0.4, 0.5) is 11.6 Å². The van der Waals surface area contributed by atoms with Crippen LogP contribution in [0.3, 0.4) is 0 Å². The molecular weight excluding hydrogens is 678 g/mol. The first-order chi connectivity index (χ1) is 21.4. The number of imidazole rings is 2. The zero-order valence-corrected chi connectivity index (χ0v) is 26.3. The summed E-state index contributed by atoms with van der Waals surface area (Å²) in [6, 6.07) is 0. The van der Waals surface area contributed by atoms with Gasteiger partial charge in [0, 0.05) is 6.42 Å². The number of nitrogen functional groups attached to an aromatic ring is 2. The van der Waals surface area contributed by atoms with E-state index in [2.05, 4.69) is 54.4 Å². The minimum Gasteiger partial charge on any atom is -0.387 e. The van der Waals surface area contributed by atoms with E-state index in [9.17, 15) is 19.3 Å². The van der Waals surface area contributed by atoms with Crippen LogP contribution in [0, 0.1) is 0 Å². The van der Waals surface area contributed by atoms with Crippen molar-refractivity contribution < 1.29 is 46.9 Å². The molecule has 0 aromatic carbocycles. The number of fused-ring (bicyclic) bond motifs is 5. The van der Waals surface area contributed by atoms with Crippen LogP contribution in [-0.4, -0.2) is 99.1 Å². The molecule has 0 saturated carbocycles. The molecule has 0 spiro atoms. The molecule has 0 unspecified atom stereocenters. The number of nitrogens with two attached hydrogens (primary N) is 2. The number of ether oxygens (including phenoxy) is 2. The van der Waals surface area contributed by atoms with Crippen LogP contribution in [0.5, 0.6) is 0 Å². The Balaban J connectivity index is 1.17. The summed E-state index contributed by atoms with van der Waals surface area (Å²) in [5.41, 5.74) is 12.8. The van der Waals surface area contributed by atoms with Crippen LogP contribution < -0.4 is 11.5 Å². The Morgan fingerprint density at radius 1 is 0.756 bits per heavy atom. The quantitative estimate of drug-likeness (QED) is 0.123. The molecule has 10 atom stereocenters. The molecular formula is C21H26N10O10P2S2. The molecule has 3 fully saturated rings. The molecule has 3 aliphatic rings. The van der Waals surface area contributed by atoms with Crippen LogP contribution in [0.25, 0.3) is 22.3 Å². The van der Waals surface area contributed by atoms with E-state index in [1.54, 1.807) is 0 Å². The maximum absolute atomic E-state index is 13.5. The van der Waals surface area contributed by atoms with Gasteiger partial charge in [-0.25, -0.2) is 39.0 Å². The van der Waals surface area contributed by atoms with E-state index in [0.29, 0.717) is 0 Å². The fourth-order valence-corrected chi connectivity index (χ4v) is 8.43. The number of hydrogen-bond acceptors (Lipinski definition) is 18. The van der Waals surface area contributed by atoms with Gasteiger partial charge in [0.2, 0.25) is 0 Å². The SMILES string of the molecule is Nc1ncnc2c1ncn2[C@@H]1O[C@@H]2CCO[P@@](=O)(S)O[C@@H]3[C@H](O)[C@@H](CO[P@@](=O)(S)O[C@H]2[C@H]1O)O[C@H]3n1cnc2c(N)ncnc21. The van der Waals surface area contributed by atoms with Gasteiger partial charge in [-0.2, -0.15) is 0 Å². The lowest BCUT2D eigenvalue weighted by Gasteiger charge is -2.27. The third-order valence-corrected chi connectivity index (χ3v) is 10.8. The van der Waals surface area contributed by atoms with Gasteiger partial charge in [-0.1, -0.05) is 24.5 Å². The smallest absolute Gasteiger partial charge is 0.386 e. The second kappa shape index (κ2) is 11.7. The average molecular weight is 705 g/mol. The second-order valence-corrected chi connectivity index (χ2v) is 16.0. The van der Waals surface area contributed by atoms with Crippen LogP contribution in [0.15, 0.2) is 25.3 Å². The average Bonchev–Trinajstić information content (AvgIpc) is 3.74. The van der Waals surface area contributed by atoms with Gasteiger partial charge in [-0.05, 0) is 0 Å². The lowest BCUT2D eigenvalue weighted by atomic mass is 10.1. The van der Waals surface area contributed by atoms with Crippen LogP contribution in [0.1, 0.15) is 18.9 Å². The number of anilines is 2. The number of aliphatic hydroxyl groups is 2. The maximum atomic E-state index is 13.5. The minimum atomic E-state index is -4.25. The predicted molar refractivity (Wildman–Crippen MR) is 159 cm³/mol. The highest BCUT2D eigenvalue weighted by molar-refractivity contribution is 8.44. The molecule has 7 rings (SSSR count). The molecule has 0 amide bonds. The number of hydrogen-bond donors (Lipinski definition) is 6. The summed E-state index contributed by atoms with van der Waals surface area (Å²) in [5, 5.41) is 22.5. The van der Waals surface area contributed by atoms with Crippen molar-refractivity contribution in [1.29, 1.82) is 0 Å². The van der Waals surface area contributed by atoms with Crippen molar-refractivity contribution in [3.05, 3.63) is 25.3 Å². The summed E-state index contributed by atoms with van der Waals surface area (Å²) in [7, 11) is 0. The molecule has 3 aliphatic heterocycles. The van der Waals surface area contributed by atoms with E-state index in [1.807, 2.05) is 0 Å². The molecule has 0 radical (unpaired) electrons. The summed E-state index contributed by atoms with van der Waals surface area (Å²) in [6.45, 7) is -9.26. The van der Waals surface area contributed by atoms with Crippen LogP contribution >= 0.6 is 38.1 Å². The van der Waals surface area contributed by atoms with Crippen LogP contribution in [0.2, 0.25) is 0 Å². The lowest BCUT2D eigenvalue weighted by Crippen LogP contribution is -2.36. The monoisotopic (exact) mass is 704 g/mol. The Labute approximate surface area is 263 Å². The molecule has 45 heavy (non-hydrogen) atoms. The van der Waals surface area contributed by atoms with E-state index < -0.39 is 69.3 Å². The third kappa shape index (κ3) is 5.72. The number of rotatable bonds is 2. The summed E-state index contributed by atoms with van der Waals surface area (Å²) in [6.07, 6.45) is -5.06. The van der Waals surface area contributed by atoms with Gasteiger partial charge in [0.15, 0.2) is 35.4 Å². The summed E-state index contributed by atoms with van der Waals surface area (Å²) < 4.78 is 64.3. The Hall–Kier alpha value is -2.46. The lowest BCUT2D eigenvalue weighted by molar-refractivity contribution is -0.0481. The molecule has 6 N–H and O–H groups in total. The zero-order valence-electron chi connectivity index (χ0n) is 22.7. The number of thiol groups is 2. The summed E-state index contributed by atoms with van der Waals surface area (Å²) >= 11 is 8.22. The first kappa shape index (κ1) is 31.2. The predicted octanol–water partition coefficient (Wildman–Crippen LogP) is 0.630. The Morgan fingerprint density at radius 3 is 1.96 bits per heavy atom. The van der Waals surface area contributed by atoms with E-state index >= 15 is 0 Å². The van der Waals surface area contributed by atoms with Gasteiger partial charge in [0.05, 0.1) is 32.0 Å². The largest absolute Gasteiger partial charge is 0.387 e. The summed E-state index contributed by atoms with van der Waals surface area (Å²) in [4.78, 5) is 24.5. The van der Waals surface area contributed by atoms with Crippen molar-refractivity contribution >= 4 is 72.1 Å². The number of aliphatic hydroxyl groups excluding tert-OH is 2. The minimum absolute atomic E-state index is 0.0538. The van der Waals surface area contributed by atoms with Gasteiger partial charge in [0.1, 0.15) is 54.2 Å². The van der Waals surface area contributed by atoms with Crippen LogP contribution in [-0.2, 0) is 36.7 Å². The van der Waals surface area contributed by atoms with Crippen molar-refractivity contribution in [3.63, 3.8) is 0 Å². The first-order valence-electron chi connectivity index (χ1n) is 13.3. The van der Waals surface area contributed by atoms with Gasteiger partial charge in [-0.3, -0.25) is 22.7 Å². The third-order valence-electron chi connectivity index (χ3n) is 7.51. The molecule has 2 bridgehead atoms.